The Hall–Kier alpha value is -2.92. The molecule has 0 fully saturated rings. The number of anilines is 1. The van der Waals surface area contributed by atoms with E-state index in [0.29, 0.717) is 22.2 Å². The summed E-state index contributed by atoms with van der Waals surface area (Å²) < 4.78 is 1.66. The summed E-state index contributed by atoms with van der Waals surface area (Å²) in [5.41, 5.74) is 2.90. The summed E-state index contributed by atoms with van der Waals surface area (Å²) in [6.45, 7) is 5.62. The maximum absolute atomic E-state index is 12.4. The molecule has 25 heavy (non-hydrogen) atoms. The van der Waals surface area contributed by atoms with Gasteiger partial charge in [0, 0.05) is 17.1 Å². The number of hydrogen-bond acceptors (Lipinski definition) is 6. The van der Waals surface area contributed by atoms with Gasteiger partial charge in [-0.15, -0.1) is 5.10 Å². The molecule has 0 aliphatic heterocycles. The number of carbonyl (C=O) groups is 1. The molecule has 2 heterocycles. The van der Waals surface area contributed by atoms with E-state index in [4.69, 9.17) is 5.26 Å². The molecule has 3 aromatic rings. The Morgan fingerprint density at radius 2 is 2.12 bits per heavy atom. The Morgan fingerprint density at radius 3 is 2.88 bits per heavy atom. The van der Waals surface area contributed by atoms with Crippen LogP contribution in [0.2, 0.25) is 0 Å². The number of aromatic nitrogens is 4. The minimum absolute atomic E-state index is 0.181. The highest BCUT2D eigenvalue weighted by atomic mass is 32.2. The van der Waals surface area contributed by atoms with Gasteiger partial charge < -0.3 is 5.32 Å². The summed E-state index contributed by atoms with van der Waals surface area (Å²) in [4.78, 5) is 21.1. The van der Waals surface area contributed by atoms with E-state index < -0.39 is 5.25 Å². The predicted octanol–water partition coefficient (Wildman–Crippen LogP) is 2.73. The summed E-state index contributed by atoms with van der Waals surface area (Å²) in [6.07, 6.45) is 0. The lowest BCUT2D eigenvalue weighted by Crippen LogP contribution is -2.22. The monoisotopic (exact) mass is 352 g/mol. The molecule has 0 aliphatic carbocycles. The summed E-state index contributed by atoms with van der Waals surface area (Å²) in [5, 5.41) is 16.2. The highest BCUT2D eigenvalue weighted by molar-refractivity contribution is 8.00. The third kappa shape index (κ3) is 3.78. The van der Waals surface area contributed by atoms with E-state index in [1.807, 2.05) is 26.0 Å². The first-order valence-electron chi connectivity index (χ1n) is 7.65. The van der Waals surface area contributed by atoms with Crippen LogP contribution in [-0.4, -0.2) is 30.7 Å². The second-order valence-corrected chi connectivity index (χ2v) is 6.89. The van der Waals surface area contributed by atoms with Crippen LogP contribution >= 0.6 is 11.8 Å². The minimum Gasteiger partial charge on any atom is -0.325 e. The van der Waals surface area contributed by atoms with Crippen molar-refractivity contribution in [3.8, 4) is 6.07 Å². The first kappa shape index (κ1) is 16.9. The van der Waals surface area contributed by atoms with Crippen molar-refractivity contribution in [3.05, 3.63) is 47.3 Å². The van der Waals surface area contributed by atoms with Gasteiger partial charge in [0.05, 0.1) is 16.9 Å². The van der Waals surface area contributed by atoms with Gasteiger partial charge in [-0.25, -0.2) is 9.50 Å². The van der Waals surface area contributed by atoms with E-state index in [1.165, 1.54) is 11.8 Å². The molecule has 0 saturated heterocycles. The number of thioether (sulfide) groups is 1. The molecular formula is C17H16N6OS. The van der Waals surface area contributed by atoms with Crippen LogP contribution in [0.4, 0.5) is 5.69 Å². The molecule has 7 nitrogen and oxygen atoms in total. The van der Waals surface area contributed by atoms with Gasteiger partial charge in [0.2, 0.25) is 11.1 Å². The maximum atomic E-state index is 12.4. The van der Waals surface area contributed by atoms with Crippen LogP contribution in [0, 0.1) is 25.2 Å². The fourth-order valence-electron chi connectivity index (χ4n) is 2.32. The molecular weight excluding hydrogens is 336 g/mol. The van der Waals surface area contributed by atoms with E-state index in [2.05, 4.69) is 20.4 Å². The minimum atomic E-state index is -0.399. The van der Waals surface area contributed by atoms with Gasteiger partial charge in [0.15, 0.2) is 0 Å². The summed E-state index contributed by atoms with van der Waals surface area (Å²) >= 11 is 1.26. The highest BCUT2D eigenvalue weighted by Crippen LogP contribution is 2.22. The smallest absolute Gasteiger partial charge is 0.253 e. The molecule has 1 N–H and O–H groups in total. The van der Waals surface area contributed by atoms with Crippen LogP contribution < -0.4 is 5.32 Å². The molecule has 126 valence electrons. The molecule has 3 rings (SSSR count). The SMILES string of the molecule is Cc1cc(C)n2nc(SC(C)C(=O)Nc3cccc(C#N)c3)nc2n1. The van der Waals surface area contributed by atoms with Gasteiger partial charge >= 0.3 is 0 Å². The molecule has 1 aromatic carbocycles. The summed E-state index contributed by atoms with van der Waals surface area (Å²) in [5.74, 6) is 0.342. The molecule has 1 unspecified atom stereocenters. The molecule has 0 radical (unpaired) electrons. The van der Waals surface area contributed by atoms with Crippen molar-refractivity contribution in [1.29, 1.82) is 5.26 Å². The van der Waals surface area contributed by atoms with E-state index in [9.17, 15) is 4.79 Å². The average molecular weight is 352 g/mol. The van der Waals surface area contributed by atoms with E-state index in [0.717, 1.165) is 11.4 Å². The van der Waals surface area contributed by atoms with Gasteiger partial charge in [-0.3, -0.25) is 4.79 Å². The van der Waals surface area contributed by atoms with Gasteiger partial charge in [0.25, 0.3) is 5.78 Å². The second kappa shape index (κ2) is 6.91. The molecule has 0 spiro atoms. The van der Waals surface area contributed by atoms with Crippen LogP contribution in [-0.2, 0) is 4.79 Å². The Bertz CT molecular complexity index is 990. The number of hydrogen-bond donors (Lipinski definition) is 1. The van der Waals surface area contributed by atoms with Gasteiger partial charge in [-0.05, 0) is 45.0 Å². The zero-order chi connectivity index (χ0) is 18.0. The van der Waals surface area contributed by atoms with Crippen molar-refractivity contribution in [2.24, 2.45) is 0 Å². The van der Waals surface area contributed by atoms with E-state index in [-0.39, 0.29) is 5.91 Å². The molecule has 0 saturated carbocycles. The number of fused-ring (bicyclic) bond motifs is 1. The number of rotatable bonds is 4. The Labute approximate surface area is 149 Å². The second-order valence-electron chi connectivity index (χ2n) is 5.59. The van der Waals surface area contributed by atoms with Crippen LogP contribution in [0.1, 0.15) is 23.9 Å². The van der Waals surface area contributed by atoms with Crippen LogP contribution in [0.3, 0.4) is 0 Å². The molecule has 1 atom stereocenters. The average Bonchev–Trinajstić information content (AvgIpc) is 2.97. The quantitative estimate of drug-likeness (QED) is 0.725. The number of nitrogens with zero attached hydrogens (tertiary/aromatic N) is 5. The van der Waals surface area contributed by atoms with Gasteiger partial charge in [-0.2, -0.15) is 10.2 Å². The third-order valence-corrected chi connectivity index (χ3v) is 4.46. The fraction of sp³-hybridized carbons (Fsp3) is 0.235. The Morgan fingerprint density at radius 1 is 1.32 bits per heavy atom. The summed E-state index contributed by atoms with van der Waals surface area (Å²) in [7, 11) is 0. The van der Waals surface area contributed by atoms with E-state index >= 15 is 0 Å². The third-order valence-electron chi connectivity index (χ3n) is 3.51. The van der Waals surface area contributed by atoms with Crippen molar-refractivity contribution in [3.63, 3.8) is 0 Å². The van der Waals surface area contributed by atoms with Crippen molar-refractivity contribution in [2.75, 3.05) is 5.32 Å². The van der Waals surface area contributed by atoms with Crippen molar-refractivity contribution >= 4 is 29.1 Å². The Balaban J connectivity index is 1.73. The van der Waals surface area contributed by atoms with Gasteiger partial charge in [-0.1, -0.05) is 17.8 Å². The number of amides is 1. The molecule has 0 aliphatic rings. The lowest BCUT2D eigenvalue weighted by Gasteiger charge is -2.10. The first-order valence-corrected chi connectivity index (χ1v) is 8.53. The van der Waals surface area contributed by atoms with Crippen molar-refractivity contribution in [1.82, 2.24) is 19.6 Å². The number of nitrogens with one attached hydrogen (secondary N) is 1. The largest absolute Gasteiger partial charge is 0.325 e. The summed E-state index contributed by atoms with van der Waals surface area (Å²) in [6, 6.07) is 10.8. The van der Waals surface area contributed by atoms with Crippen LogP contribution in [0.5, 0.6) is 0 Å². The maximum Gasteiger partial charge on any atom is 0.253 e. The van der Waals surface area contributed by atoms with Crippen LogP contribution in [0.25, 0.3) is 5.78 Å². The molecule has 2 aromatic heterocycles. The number of nitriles is 1. The normalized spacial score (nSPS) is 11.9. The number of carbonyl (C=O) groups excluding carboxylic acids is 1. The topological polar surface area (TPSA) is 96.0 Å². The van der Waals surface area contributed by atoms with E-state index in [1.54, 1.807) is 35.7 Å². The zero-order valence-electron chi connectivity index (χ0n) is 14.0. The van der Waals surface area contributed by atoms with Crippen molar-refractivity contribution in [2.45, 2.75) is 31.2 Å². The zero-order valence-corrected chi connectivity index (χ0v) is 14.8. The highest BCUT2D eigenvalue weighted by Gasteiger charge is 2.18. The Kier molecular flexibility index (Phi) is 4.67. The predicted molar refractivity (Wildman–Crippen MR) is 95.4 cm³/mol. The number of benzene rings is 1. The lowest BCUT2D eigenvalue weighted by atomic mass is 10.2. The molecule has 0 bridgehead atoms. The van der Waals surface area contributed by atoms with Crippen LogP contribution in [0.15, 0.2) is 35.5 Å². The molecule has 8 heteroatoms. The molecule has 1 amide bonds. The van der Waals surface area contributed by atoms with Gasteiger partial charge in [0.1, 0.15) is 0 Å². The fourth-order valence-corrected chi connectivity index (χ4v) is 3.07. The first-order chi connectivity index (χ1) is 12.0. The number of aryl methyl sites for hydroxylation is 2. The van der Waals surface area contributed by atoms with Crippen molar-refractivity contribution < 1.29 is 4.79 Å². The lowest BCUT2D eigenvalue weighted by molar-refractivity contribution is -0.115. The standard InChI is InChI=1S/C17H16N6OS/c1-10-7-11(2)23-16(19-10)21-17(22-23)25-12(3)15(24)20-14-6-4-5-13(8-14)9-18/h4-8,12H,1-3H3,(H,20,24).